The largest absolute Gasteiger partial charge is 0.435 e. The van der Waals surface area contributed by atoms with Crippen LogP contribution in [0.3, 0.4) is 0 Å². The van der Waals surface area contributed by atoms with Gasteiger partial charge in [-0.25, -0.2) is 9.07 Å². The summed E-state index contributed by atoms with van der Waals surface area (Å²) in [4.78, 5) is 13.3. The zero-order valence-electron chi connectivity index (χ0n) is 12.9. The fourth-order valence-electron chi connectivity index (χ4n) is 2.03. The molecule has 0 aliphatic heterocycles. The summed E-state index contributed by atoms with van der Waals surface area (Å²) in [7, 11) is 3.01. The van der Waals surface area contributed by atoms with Crippen LogP contribution in [0.25, 0.3) is 5.69 Å². The smallest absolute Gasteiger partial charge is 0.339 e. The van der Waals surface area contributed by atoms with Crippen LogP contribution in [0.5, 0.6) is 0 Å². The predicted octanol–water partition coefficient (Wildman–Crippen LogP) is 1.72. The molecule has 0 atom stereocenters. The van der Waals surface area contributed by atoms with Crippen LogP contribution in [0.1, 0.15) is 16.2 Å². The van der Waals surface area contributed by atoms with Crippen molar-refractivity contribution in [3.8, 4) is 5.69 Å². The van der Waals surface area contributed by atoms with Gasteiger partial charge in [-0.05, 0) is 25.2 Å². The normalized spacial score (nSPS) is 11.6. The molecule has 0 bridgehead atoms. The summed E-state index contributed by atoms with van der Waals surface area (Å²) in [6.07, 6.45) is -4.88. The molecular weight excluding hydrogens is 330 g/mol. The Labute approximate surface area is 135 Å². The van der Waals surface area contributed by atoms with Gasteiger partial charge in [-0.1, -0.05) is 11.3 Å². The van der Waals surface area contributed by atoms with Gasteiger partial charge < -0.3 is 10.2 Å². The van der Waals surface area contributed by atoms with Gasteiger partial charge in [0.2, 0.25) is 0 Å². The van der Waals surface area contributed by atoms with Gasteiger partial charge in [-0.15, -0.1) is 5.10 Å². The Bertz CT molecular complexity index is 728. The van der Waals surface area contributed by atoms with E-state index in [1.807, 2.05) is 0 Å². The van der Waals surface area contributed by atoms with Crippen molar-refractivity contribution in [2.45, 2.75) is 6.18 Å². The Balaban J connectivity index is 2.49. The highest BCUT2D eigenvalue weighted by Crippen LogP contribution is 2.33. The van der Waals surface area contributed by atoms with Crippen molar-refractivity contribution >= 4 is 5.91 Å². The number of carbonyl (C=O) groups excluding carboxylic acids is 1. The van der Waals surface area contributed by atoms with Crippen LogP contribution in [0.15, 0.2) is 24.3 Å². The van der Waals surface area contributed by atoms with Crippen LogP contribution in [0.2, 0.25) is 0 Å². The van der Waals surface area contributed by atoms with Crippen molar-refractivity contribution < 1.29 is 22.4 Å². The van der Waals surface area contributed by atoms with E-state index in [0.29, 0.717) is 11.2 Å². The van der Waals surface area contributed by atoms with Gasteiger partial charge in [0.05, 0.1) is 5.69 Å². The molecule has 0 fully saturated rings. The summed E-state index contributed by atoms with van der Waals surface area (Å²) < 4.78 is 54.0. The summed E-state index contributed by atoms with van der Waals surface area (Å²) in [6, 6.07) is 4.45. The summed E-state index contributed by atoms with van der Waals surface area (Å²) in [5, 5.41) is 9.56. The van der Waals surface area contributed by atoms with Crippen molar-refractivity contribution in [3.63, 3.8) is 0 Å². The molecule has 0 spiro atoms. The number of amides is 1. The van der Waals surface area contributed by atoms with Crippen molar-refractivity contribution in [3.05, 3.63) is 41.5 Å². The van der Waals surface area contributed by atoms with Gasteiger partial charge >= 0.3 is 6.18 Å². The lowest BCUT2D eigenvalue weighted by atomic mass is 10.2. The molecular formula is C14H15F4N5O. The number of aromatic nitrogens is 3. The second-order valence-corrected chi connectivity index (χ2v) is 5.01. The zero-order chi connectivity index (χ0) is 17.9. The molecule has 1 aromatic carbocycles. The fourth-order valence-corrected chi connectivity index (χ4v) is 2.03. The molecule has 1 N–H and O–H groups in total. The number of halogens is 4. The Morgan fingerprint density at radius 3 is 2.67 bits per heavy atom. The zero-order valence-corrected chi connectivity index (χ0v) is 12.9. The minimum atomic E-state index is -4.88. The maximum atomic E-state index is 13.4. The first-order valence-electron chi connectivity index (χ1n) is 6.94. The summed E-state index contributed by atoms with van der Waals surface area (Å²) in [6.45, 7) is 0.598. The number of benzene rings is 1. The number of likely N-dealkylation sites (N-methyl/N-ethyl adjacent to an activating group) is 2. The van der Waals surface area contributed by atoms with E-state index in [2.05, 4.69) is 15.6 Å². The van der Waals surface area contributed by atoms with Gasteiger partial charge in [0, 0.05) is 20.1 Å². The van der Waals surface area contributed by atoms with Crippen molar-refractivity contribution in [1.29, 1.82) is 0 Å². The number of carbonyl (C=O) groups is 1. The quantitative estimate of drug-likeness (QED) is 0.838. The number of nitrogens with one attached hydrogen (secondary N) is 1. The average Bonchev–Trinajstić information content (AvgIpc) is 2.97. The first-order chi connectivity index (χ1) is 11.3. The Morgan fingerprint density at radius 1 is 1.38 bits per heavy atom. The van der Waals surface area contributed by atoms with E-state index in [0.717, 1.165) is 17.0 Å². The van der Waals surface area contributed by atoms with Gasteiger partial charge in [0.1, 0.15) is 5.82 Å². The number of rotatable bonds is 5. The Hall–Kier alpha value is -2.49. The number of nitrogens with zero attached hydrogens (tertiary/aromatic N) is 4. The lowest BCUT2D eigenvalue weighted by Crippen LogP contribution is -2.34. The molecule has 0 radical (unpaired) electrons. The molecule has 2 rings (SSSR count). The predicted molar refractivity (Wildman–Crippen MR) is 77.2 cm³/mol. The molecule has 0 aliphatic rings. The average molecular weight is 345 g/mol. The van der Waals surface area contributed by atoms with E-state index in [-0.39, 0.29) is 12.2 Å². The molecule has 0 aliphatic carbocycles. The second-order valence-electron chi connectivity index (χ2n) is 5.01. The summed E-state index contributed by atoms with van der Waals surface area (Å²) in [5.41, 5.74) is -2.34. The number of hydrogen-bond acceptors (Lipinski definition) is 4. The highest BCUT2D eigenvalue weighted by molar-refractivity contribution is 5.93. The summed E-state index contributed by atoms with van der Waals surface area (Å²) >= 11 is 0. The third kappa shape index (κ3) is 3.70. The monoisotopic (exact) mass is 345 g/mol. The minimum Gasteiger partial charge on any atom is -0.339 e. The standard InChI is InChI=1S/C14H15F4N5O/c1-19-6-7-22(2)13(24)11-12(14(16,17)18)23(21-20-11)10-5-3-4-9(15)8-10/h3-5,8,19H,6-7H2,1-2H3. The maximum absolute atomic E-state index is 13.4. The number of hydrogen-bond donors (Lipinski definition) is 1. The van der Waals surface area contributed by atoms with Gasteiger partial charge in [0.25, 0.3) is 5.91 Å². The lowest BCUT2D eigenvalue weighted by Gasteiger charge is -2.17. The second kappa shape index (κ2) is 6.95. The Kier molecular flexibility index (Phi) is 5.17. The first kappa shape index (κ1) is 17.9. The molecule has 0 saturated heterocycles. The van der Waals surface area contributed by atoms with Gasteiger partial charge in [-0.2, -0.15) is 13.2 Å². The molecule has 1 amide bonds. The van der Waals surface area contributed by atoms with Crippen molar-refractivity contribution in [1.82, 2.24) is 25.2 Å². The van der Waals surface area contributed by atoms with Crippen LogP contribution in [-0.4, -0.2) is 53.0 Å². The van der Waals surface area contributed by atoms with Crippen LogP contribution >= 0.6 is 0 Å². The highest BCUT2D eigenvalue weighted by Gasteiger charge is 2.42. The van der Waals surface area contributed by atoms with Crippen LogP contribution in [0.4, 0.5) is 17.6 Å². The third-order valence-corrected chi connectivity index (χ3v) is 3.24. The lowest BCUT2D eigenvalue weighted by molar-refractivity contribution is -0.143. The first-order valence-corrected chi connectivity index (χ1v) is 6.94. The maximum Gasteiger partial charge on any atom is 0.435 e. The van der Waals surface area contributed by atoms with E-state index in [9.17, 15) is 22.4 Å². The molecule has 0 unspecified atom stereocenters. The van der Waals surface area contributed by atoms with Gasteiger partial charge in [-0.3, -0.25) is 4.79 Å². The summed E-state index contributed by atoms with van der Waals surface area (Å²) in [5.74, 6) is -1.64. The van der Waals surface area contributed by atoms with E-state index in [1.165, 1.54) is 19.2 Å². The third-order valence-electron chi connectivity index (χ3n) is 3.24. The molecule has 10 heteroatoms. The molecule has 24 heavy (non-hydrogen) atoms. The molecule has 130 valence electrons. The molecule has 1 heterocycles. The van der Waals surface area contributed by atoms with E-state index in [1.54, 1.807) is 7.05 Å². The van der Waals surface area contributed by atoms with Crippen LogP contribution in [0, 0.1) is 5.82 Å². The topological polar surface area (TPSA) is 63.1 Å². The van der Waals surface area contributed by atoms with E-state index in [4.69, 9.17) is 0 Å². The van der Waals surface area contributed by atoms with Crippen molar-refractivity contribution in [2.24, 2.45) is 0 Å². The molecule has 6 nitrogen and oxygen atoms in total. The number of alkyl halides is 3. The van der Waals surface area contributed by atoms with Gasteiger partial charge in [0.15, 0.2) is 11.4 Å². The molecule has 0 saturated carbocycles. The van der Waals surface area contributed by atoms with Crippen LogP contribution < -0.4 is 5.32 Å². The molecule has 1 aromatic heterocycles. The van der Waals surface area contributed by atoms with E-state index >= 15 is 0 Å². The SMILES string of the molecule is CNCCN(C)C(=O)c1nnn(-c2cccc(F)c2)c1C(F)(F)F. The minimum absolute atomic E-state index is 0.174. The molecule has 2 aromatic rings. The van der Waals surface area contributed by atoms with E-state index < -0.39 is 29.3 Å². The van der Waals surface area contributed by atoms with Crippen molar-refractivity contribution in [2.75, 3.05) is 27.2 Å². The Morgan fingerprint density at radius 2 is 2.08 bits per heavy atom. The fraction of sp³-hybridized carbons (Fsp3) is 0.357. The highest BCUT2D eigenvalue weighted by atomic mass is 19.4. The van der Waals surface area contributed by atoms with Crippen LogP contribution in [-0.2, 0) is 6.18 Å².